The monoisotopic (exact) mass is 281 g/mol. The minimum absolute atomic E-state index is 0.0689. The van der Waals surface area contributed by atoms with Crippen LogP contribution in [0.25, 0.3) is 0 Å². The van der Waals surface area contributed by atoms with E-state index in [9.17, 15) is 4.39 Å². The number of rotatable bonds is 6. The van der Waals surface area contributed by atoms with Crippen molar-refractivity contribution in [3.05, 3.63) is 35.1 Å². The summed E-state index contributed by atoms with van der Waals surface area (Å²) < 4.78 is 24.2. The number of hydrogen-bond acceptors (Lipinski definition) is 3. The average Bonchev–Trinajstić information content (AvgIpc) is 2.44. The van der Waals surface area contributed by atoms with Crippen molar-refractivity contribution in [1.29, 1.82) is 0 Å². The molecule has 1 aromatic carbocycles. The Balaban J connectivity index is 2.02. The molecule has 112 valence electrons. The van der Waals surface area contributed by atoms with E-state index in [-0.39, 0.29) is 11.9 Å². The van der Waals surface area contributed by atoms with Gasteiger partial charge in [0.1, 0.15) is 5.82 Å². The molecule has 1 aliphatic rings. The van der Waals surface area contributed by atoms with Crippen LogP contribution in [-0.4, -0.2) is 33.4 Å². The summed E-state index contributed by atoms with van der Waals surface area (Å²) in [6.45, 7) is 5.21. The first kappa shape index (κ1) is 15.4. The van der Waals surface area contributed by atoms with Crippen LogP contribution in [0, 0.1) is 18.7 Å². The van der Waals surface area contributed by atoms with Crippen LogP contribution < -0.4 is 5.32 Å². The fourth-order valence-corrected chi connectivity index (χ4v) is 2.82. The largest absolute Gasteiger partial charge is 0.383 e. The maximum atomic E-state index is 13.2. The summed E-state index contributed by atoms with van der Waals surface area (Å²) >= 11 is 0. The number of nitrogens with one attached hydrogen (secondary N) is 1. The van der Waals surface area contributed by atoms with Crippen molar-refractivity contribution < 1.29 is 13.9 Å². The van der Waals surface area contributed by atoms with E-state index in [2.05, 4.69) is 5.32 Å². The van der Waals surface area contributed by atoms with Gasteiger partial charge in [0.05, 0.1) is 12.7 Å². The van der Waals surface area contributed by atoms with E-state index in [1.54, 1.807) is 13.2 Å². The summed E-state index contributed by atoms with van der Waals surface area (Å²) in [5, 5.41) is 3.41. The van der Waals surface area contributed by atoms with Crippen molar-refractivity contribution in [2.45, 2.75) is 25.9 Å². The molecule has 0 spiro atoms. The highest BCUT2D eigenvalue weighted by atomic mass is 19.1. The topological polar surface area (TPSA) is 30.5 Å². The molecule has 0 bridgehead atoms. The van der Waals surface area contributed by atoms with Gasteiger partial charge in [-0.3, -0.25) is 0 Å². The molecule has 0 saturated carbocycles. The molecule has 4 heteroatoms. The van der Waals surface area contributed by atoms with Gasteiger partial charge in [-0.15, -0.1) is 0 Å². The summed E-state index contributed by atoms with van der Waals surface area (Å²) in [7, 11) is 1.70. The first-order valence-electron chi connectivity index (χ1n) is 7.29. The molecule has 1 aromatic rings. The molecule has 0 radical (unpaired) electrons. The normalized spacial score (nSPS) is 22.9. The van der Waals surface area contributed by atoms with Crippen LogP contribution in [0.5, 0.6) is 0 Å². The van der Waals surface area contributed by atoms with Gasteiger partial charge >= 0.3 is 0 Å². The third-order valence-corrected chi connectivity index (χ3v) is 3.87. The molecular formula is C16H24FNO2. The number of aryl methyl sites for hydroxylation is 1. The fourth-order valence-electron chi connectivity index (χ4n) is 2.82. The Bertz CT molecular complexity index is 425. The first-order valence-corrected chi connectivity index (χ1v) is 7.29. The van der Waals surface area contributed by atoms with E-state index in [0.717, 1.165) is 43.7 Å². The maximum Gasteiger partial charge on any atom is 0.123 e. The van der Waals surface area contributed by atoms with Crippen molar-refractivity contribution in [3.63, 3.8) is 0 Å². The number of ether oxygens (including phenoxy) is 2. The molecule has 20 heavy (non-hydrogen) atoms. The standard InChI is InChI=1S/C16H24FNO2/c1-12-10-14(17)5-6-15(12)16-13(4-3-8-20-16)11-18-7-9-19-2/h5-6,10,13,16,18H,3-4,7-9,11H2,1-2H3. The van der Waals surface area contributed by atoms with Gasteiger partial charge in [0, 0.05) is 32.7 Å². The van der Waals surface area contributed by atoms with Crippen molar-refractivity contribution in [2.24, 2.45) is 5.92 Å². The lowest BCUT2D eigenvalue weighted by Gasteiger charge is -2.33. The second-order valence-corrected chi connectivity index (χ2v) is 5.39. The third-order valence-electron chi connectivity index (χ3n) is 3.87. The number of benzene rings is 1. The lowest BCUT2D eigenvalue weighted by atomic mass is 9.87. The van der Waals surface area contributed by atoms with Crippen LogP contribution >= 0.6 is 0 Å². The van der Waals surface area contributed by atoms with Gasteiger partial charge in [0.15, 0.2) is 0 Å². The zero-order valence-electron chi connectivity index (χ0n) is 12.3. The van der Waals surface area contributed by atoms with Crippen LogP contribution in [0.2, 0.25) is 0 Å². The quantitative estimate of drug-likeness (QED) is 0.813. The summed E-state index contributed by atoms with van der Waals surface area (Å²) in [4.78, 5) is 0. The minimum Gasteiger partial charge on any atom is -0.383 e. The van der Waals surface area contributed by atoms with Gasteiger partial charge in [0.25, 0.3) is 0 Å². The maximum absolute atomic E-state index is 13.2. The van der Waals surface area contributed by atoms with E-state index < -0.39 is 0 Å². The molecule has 2 atom stereocenters. The Labute approximate surface area is 120 Å². The van der Waals surface area contributed by atoms with Crippen LogP contribution in [0.15, 0.2) is 18.2 Å². The fraction of sp³-hybridized carbons (Fsp3) is 0.625. The predicted molar refractivity (Wildman–Crippen MR) is 77.3 cm³/mol. The molecule has 1 heterocycles. The van der Waals surface area contributed by atoms with Crippen molar-refractivity contribution in [2.75, 3.05) is 33.4 Å². The summed E-state index contributed by atoms with van der Waals surface area (Å²) in [6.07, 6.45) is 2.30. The van der Waals surface area contributed by atoms with Crippen molar-refractivity contribution in [1.82, 2.24) is 5.32 Å². The van der Waals surface area contributed by atoms with Crippen LogP contribution in [-0.2, 0) is 9.47 Å². The Morgan fingerprint density at radius 2 is 2.30 bits per heavy atom. The van der Waals surface area contributed by atoms with E-state index in [0.29, 0.717) is 12.5 Å². The Morgan fingerprint density at radius 1 is 1.45 bits per heavy atom. The molecule has 2 rings (SSSR count). The van der Waals surface area contributed by atoms with Crippen LogP contribution in [0.3, 0.4) is 0 Å². The smallest absolute Gasteiger partial charge is 0.123 e. The molecule has 2 unspecified atom stereocenters. The molecule has 0 amide bonds. The Kier molecular flexibility index (Phi) is 5.95. The van der Waals surface area contributed by atoms with E-state index >= 15 is 0 Å². The Morgan fingerprint density at radius 3 is 3.05 bits per heavy atom. The van der Waals surface area contributed by atoms with Crippen molar-refractivity contribution in [3.8, 4) is 0 Å². The molecule has 1 saturated heterocycles. The molecule has 1 aliphatic heterocycles. The molecular weight excluding hydrogens is 257 g/mol. The molecule has 3 nitrogen and oxygen atoms in total. The van der Waals surface area contributed by atoms with E-state index in [4.69, 9.17) is 9.47 Å². The summed E-state index contributed by atoms with van der Waals surface area (Å²) in [6, 6.07) is 4.97. The third kappa shape index (κ3) is 4.01. The lowest BCUT2D eigenvalue weighted by molar-refractivity contribution is -0.0283. The molecule has 0 aromatic heterocycles. The number of methoxy groups -OCH3 is 1. The zero-order valence-corrected chi connectivity index (χ0v) is 12.3. The number of hydrogen-bond donors (Lipinski definition) is 1. The van der Waals surface area contributed by atoms with Gasteiger partial charge in [0.2, 0.25) is 0 Å². The van der Waals surface area contributed by atoms with Gasteiger partial charge in [-0.1, -0.05) is 6.07 Å². The second-order valence-electron chi connectivity index (χ2n) is 5.39. The first-order chi connectivity index (χ1) is 9.72. The van der Waals surface area contributed by atoms with Gasteiger partial charge < -0.3 is 14.8 Å². The second kappa shape index (κ2) is 7.72. The zero-order chi connectivity index (χ0) is 14.4. The highest BCUT2D eigenvalue weighted by Gasteiger charge is 2.28. The SMILES string of the molecule is COCCNCC1CCCOC1c1ccc(F)cc1C. The Hall–Kier alpha value is -0.970. The van der Waals surface area contributed by atoms with E-state index in [1.807, 2.05) is 13.0 Å². The van der Waals surface area contributed by atoms with Gasteiger partial charge in [-0.05, 0) is 43.0 Å². The molecule has 1 N–H and O–H groups in total. The summed E-state index contributed by atoms with van der Waals surface area (Å²) in [5.41, 5.74) is 2.09. The summed E-state index contributed by atoms with van der Waals surface area (Å²) in [5.74, 6) is 0.251. The lowest BCUT2D eigenvalue weighted by Crippen LogP contribution is -2.33. The molecule has 1 fully saturated rings. The molecule has 0 aliphatic carbocycles. The highest BCUT2D eigenvalue weighted by molar-refractivity contribution is 5.29. The minimum atomic E-state index is -0.183. The van der Waals surface area contributed by atoms with Crippen LogP contribution in [0.4, 0.5) is 4.39 Å². The van der Waals surface area contributed by atoms with Gasteiger partial charge in [-0.25, -0.2) is 4.39 Å². The van der Waals surface area contributed by atoms with E-state index in [1.165, 1.54) is 6.07 Å². The van der Waals surface area contributed by atoms with Crippen LogP contribution in [0.1, 0.15) is 30.1 Å². The van der Waals surface area contributed by atoms with Crippen molar-refractivity contribution >= 4 is 0 Å². The number of halogens is 1. The van der Waals surface area contributed by atoms with Gasteiger partial charge in [-0.2, -0.15) is 0 Å². The average molecular weight is 281 g/mol. The predicted octanol–water partition coefficient (Wildman–Crippen LogP) is 2.84. The highest BCUT2D eigenvalue weighted by Crippen LogP contribution is 2.35.